The Morgan fingerprint density at radius 2 is 1.78 bits per heavy atom. The van der Waals surface area contributed by atoms with Crippen molar-refractivity contribution in [1.29, 1.82) is 0 Å². The van der Waals surface area contributed by atoms with Crippen molar-refractivity contribution < 1.29 is 19.2 Å². The zero-order valence-corrected chi connectivity index (χ0v) is 16.9. The second-order valence-electron chi connectivity index (χ2n) is 7.54. The second-order valence-corrected chi connectivity index (χ2v) is 7.54. The predicted octanol–water partition coefficient (Wildman–Crippen LogP) is 4.40. The number of aromatic amines is 1. The molecule has 2 heterocycles. The molecule has 5 rings (SSSR count). The average molecular weight is 425 g/mol. The predicted molar refractivity (Wildman–Crippen MR) is 120 cm³/mol. The molecule has 0 spiro atoms. The number of nitrogens with one attached hydrogen (secondary N) is 2. The van der Waals surface area contributed by atoms with Gasteiger partial charge in [-0.3, -0.25) is 4.79 Å². The fourth-order valence-electron chi connectivity index (χ4n) is 3.84. The Labute approximate surface area is 182 Å². The zero-order valence-electron chi connectivity index (χ0n) is 16.9. The molecule has 2 aromatic heterocycles. The van der Waals surface area contributed by atoms with Crippen molar-refractivity contribution in [2.45, 2.75) is 12.5 Å². The second kappa shape index (κ2) is 8.03. The standard InChI is InChI=1S/C25H19N3O4/c29-24(27-22(25(30)31)13-17-14-26-20-9-5-4-8-18(17)20)16-10-11-21-19(12-16)23(32-28-21)15-6-2-1-3-7-15/h1-12,14,22,26H,13H2,(H,27,29)(H,30,31)/t22-/m0/s1. The molecule has 3 aromatic carbocycles. The number of hydrogen-bond acceptors (Lipinski definition) is 4. The van der Waals surface area contributed by atoms with E-state index in [0.29, 0.717) is 22.2 Å². The Morgan fingerprint density at radius 3 is 2.59 bits per heavy atom. The summed E-state index contributed by atoms with van der Waals surface area (Å²) in [6.07, 6.45) is 1.94. The maximum atomic E-state index is 12.9. The highest BCUT2D eigenvalue weighted by atomic mass is 16.5. The van der Waals surface area contributed by atoms with Crippen molar-refractivity contribution in [3.05, 3.63) is 90.1 Å². The summed E-state index contributed by atoms with van der Waals surface area (Å²) in [5.41, 5.74) is 3.55. The van der Waals surface area contributed by atoms with Crippen molar-refractivity contribution >= 4 is 33.7 Å². The zero-order chi connectivity index (χ0) is 22.1. The van der Waals surface area contributed by atoms with E-state index in [9.17, 15) is 14.7 Å². The molecule has 0 aliphatic heterocycles. The molecule has 0 aliphatic carbocycles. The molecule has 0 aliphatic rings. The molecule has 3 N–H and O–H groups in total. The monoisotopic (exact) mass is 425 g/mol. The van der Waals surface area contributed by atoms with Gasteiger partial charge in [-0.2, -0.15) is 0 Å². The van der Waals surface area contributed by atoms with E-state index < -0.39 is 17.9 Å². The van der Waals surface area contributed by atoms with Gasteiger partial charge in [0.1, 0.15) is 11.6 Å². The molecule has 158 valence electrons. The van der Waals surface area contributed by atoms with Crippen LogP contribution >= 0.6 is 0 Å². The first kappa shape index (κ1) is 19.6. The lowest BCUT2D eigenvalue weighted by molar-refractivity contribution is -0.139. The third-order valence-electron chi connectivity index (χ3n) is 5.48. The van der Waals surface area contributed by atoms with E-state index in [1.54, 1.807) is 24.4 Å². The fraction of sp³-hybridized carbons (Fsp3) is 0.0800. The summed E-state index contributed by atoms with van der Waals surface area (Å²) < 4.78 is 5.49. The van der Waals surface area contributed by atoms with E-state index in [-0.39, 0.29) is 6.42 Å². The summed E-state index contributed by atoms with van der Waals surface area (Å²) in [6, 6.07) is 21.0. The number of para-hydroxylation sites is 1. The number of rotatable bonds is 6. The molecule has 5 aromatic rings. The highest BCUT2D eigenvalue weighted by molar-refractivity contribution is 6.02. The quantitative estimate of drug-likeness (QED) is 0.374. The topological polar surface area (TPSA) is 108 Å². The number of carbonyl (C=O) groups is 2. The molecule has 0 saturated heterocycles. The summed E-state index contributed by atoms with van der Waals surface area (Å²) in [7, 11) is 0. The van der Waals surface area contributed by atoms with Gasteiger partial charge in [0.2, 0.25) is 0 Å². The molecular formula is C25H19N3O4. The summed E-state index contributed by atoms with van der Waals surface area (Å²) in [4.78, 5) is 28.0. The van der Waals surface area contributed by atoms with Crippen molar-refractivity contribution in [3.63, 3.8) is 0 Å². The first-order valence-corrected chi connectivity index (χ1v) is 10.1. The van der Waals surface area contributed by atoms with Gasteiger partial charge in [-0.25, -0.2) is 4.79 Å². The first-order chi connectivity index (χ1) is 15.6. The molecule has 7 heteroatoms. The van der Waals surface area contributed by atoms with Gasteiger partial charge in [0, 0.05) is 34.6 Å². The summed E-state index contributed by atoms with van der Waals surface area (Å²) >= 11 is 0. The number of fused-ring (bicyclic) bond motifs is 2. The van der Waals surface area contributed by atoms with Crippen LogP contribution in [0.15, 0.2) is 83.5 Å². The van der Waals surface area contributed by atoms with E-state index in [1.165, 1.54) is 0 Å². The minimum Gasteiger partial charge on any atom is -0.480 e. The molecular weight excluding hydrogens is 406 g/mol. The number of aliphatic carboxylic acids is 1. The Kier molecular flexibility index (Phi) is 4.91. The van der Waals surface area contributed by atoms with Gasteiger partial charge in [-0.1, -0.05) is 53.7 Å². The van der Waals surface area contributed by atoms with Crippen LogP contribution in [-0.2, 0) is 11.2 Å². The minimum atomic E-state index is -1.10. The molecule has 0 fully saturated rings. The lowest BCUT2D eigenvalue weighted by atomic mass is 10.0. The number of hydrogen-bond donors (Lipinski definition) is 3. The van der Waals surface area contributed by atoms with Crippen LogP contribution in [0.4, 0.5) is 0 Å². The van der Waals surface area contributed by atoms with Crippen LogP contribution in [0.5, 0.6) is 0 Å². The van der Waals surface area contributed by atoms with E-state index in [2.05, 4.69) is 15.5 Å². The smallest absolute Gasteiger partial charge is 0.326 e. The van der Waals surface area contributed by atoms with E-state index in [4.69, 9.17) is 4.52 Å². The Bertz CT molecular complexity index is 1440. The van der Waals surface area contributed by atoms with Gasteiger partial charge in [-0.05, 0) is 29.8 Å². The van der Waals surface area contributed by atoms with Crippen LogP contribution in [0.25, 0.3) is 33.1 Å². The van der Waals surface area contributed by atoms with Crippen LogP contribution in [0.3, 0.4) is 0 Å². The third kappa shape index (κ3) is 3.60. The van der Waals surface area contributed by atoms with Gasteiger partial charge in [0.15, 0.2) is 5.76 Å². The van der Waals surface area contributed by atoms with Crippen LogP contribution in [0.1, 0.15) is 15.9 Å². The number of carboxylic acid groups (broad SMARTS) is 1. The average Bonchev–Trinajstić information content (AvgIpc) is 3.43. The summed E-state index contributed by atoms with van der Waals surface area (Å²) in [6.45, 7) is 0. The Morgan fingerprint density at radius 1 is 1.00 bits per heavy atom. The van der Waals surface area contributed by atoms with Gasteiger partial charge in [0.25, 0.3) is 5.91 Å². The van der Waals surface area contributed by atoms with Gasteiger partial charge < -0.3 is 19.9 Å². The third-order valence-corrected chi connectivity index (χ3v) is 5.48. The highest BCUT2D eigenvalue weighted by Gasteiger charge is 2.23. The number of benzene rings is 3. The van der Waals surface area contributed by atoms with Gasteiger partial charge in [0.05, 0.1) is 5.39 Å². The number of nitrogens with zero attached hydrogens (tertiary/aromatic N) is 1. The maximum Gasteiger partial charge on any atom is 0.326 e. The minimum absolute atomic E-state index is 0.163. The largest absolute Gasteiger partial charge is 0.480 e. The summed E-state index contributed by atoms with van der Waals surface area (Å²) in [5.74, 6) is -1.01. The molecule has 7 nitrogen and oxygen atoms in total. The van der Waals surface area contributed by atoms with E-state index in [1.807, 2.05) is 54.6 Å². The van der Waals surface area contributed by atoms with Crippen molar-refractivity contribution in [2.24, 2.45) is 0 Å². The first-order valence-electron chi connectivity index (χ1n) is 10.1. The Hall–Kier alpha value is -4.39. The molecule has 1 atom stereocenters. The number of amides is 1. The van der Waals surface area contributed by atoms with E-state index >= 15 is 0 Å². The number of aromatic nitrogens is 2. The molecule has 32 heavy (non-hydrogen) atoms. The van der Waals surface area contributed by atoms with Crippen LogP contribution in [0, 0.1) is 0 Å². The molecule has 1 amide bonds. The summed E-state index contributed by atoms with van der Waals surface area (Å²) in [5, 5.41) is 18.1. The lowest BCUT2D eigenvalue weighted by Crippen LogP contribution is -2.42. The van der Waals surface area contributed by atoms with Crippen molar-refractivity contribution in [3.8, 4) is 11.3 Å². The van der Waals surface area contributed by atoms with Crippen LogP contribution in [0.2, 0.25) is 0 Å². The normalized spacial score (nSPS) is 12.1. The number of carbonyl (C=O) groups excluding carboxylic acids is 1. The van der Waals surface area contributed by atoms with Crippen LogP contribution in [-0.4, -0.2) is 33.2 Å². The highest BCUT2D eigenvalue weighted by Crippen LogP contribution is 2.29. The lowest BCUT2D eigenvalue weighted by Gasteiger charge is -2.14. The molecule has 0 bridgehead atoms. The van der Waals surface area contributed by atoms with Gasteiger partial charge in [-0.15, -0.1) is 0 Å². The number of H-pyrrole nitrogens is 1. The molecule has 0 radical (unpaired) electrons. The van der Waals surface area contributed by atoms with Crippen molar-refractivity contribution in [2.75, 3.05) is 0 Å². The van der Waals surface area contributed by atoms with Gasteiger partial charge >= 0.3 is 5.97 Å². The van der Waals surface area contributed by atoms with Crippen molar-refractivity contribution in [1.82, 2.24) is 15.5 Å². The molecule has 0 unspecified atom stereocenters. The molecule has 0 saturated carbocycles. The van der Waals surface area contributed by atoms with E-state index in [0.717, 1.165) is 22.0 Å². The SMILES string of the molecule is O=C(N[C@@H](Cc1c[nH]c2ccccc12)C(=O)O)c1ccc2noc(-c3ccccc3)c2c1. The van der Waals surface area contributed by atoms with Crippen LogP contribution < -0.4 is 5.32 Å². The number of carboxylic acids is 1. The fourth-order valence-corrected chi connectivity index (χ4v) is 3.84. The Balaban J connectivity index is 1.42. The maximum absolute atomic E-state index is 12.9.